The molecule has 6 heteroatoms. The molecule has 0 spiro atoms. The van der Waals surface area contributed by atoms with Crippen LogP contribution in [0.2, 0.25) is 5.02 Å². The van der Waals surface area contributed by atoms with Gasteiger partial charge in [0.2, 0.25) is 5.91 Å². The average molecular weight is 321 g/mol. The molecule has 0 aliphatic heterocycles. The second-order valence-electron chi connectivity index (χ2n) is 4.45. The first kappa shape index (κ1) is 16.0. The number of hydrazone groups is 1. The number of ether oxygens (including phenoxy) is 1. The van der Waals surface area contributed by atoms with Gasteiger partial charge in [-0.2, -0.15) is 5.10 Å². The number of carbonyl (C=O) groups excluding carboxylic acids is 1. The molecule has 1 amide bonds. The normalized spacial score (nSPS) is 10.7. The van der Waals surface area contributed by atoms with Gasteiger partial charge in [0.15, 0.2) is 0 Å². The molecule has 0 aliphatic carbocycles. The number of carbonyl (C=O) groups is 1. The molecule has 22 heavy (non-hydrogen) atoms. The smallest absolute Gasteiger partial charge is 0.244 e. The number of halogens is 2. The second-order valence-corrected chi connectivity index (χ2v) is 4.86. The summed E-state index contributed by atoms with van der Waals surface area (Å²) in [6, 6.07) is 11.4. The van der Waals surface area contributed by atoms with E-state index in [4.69, 9.17) is 16.3 Å². The molecular weight excluding hydrogens is 307 g/mol. The van der Waals surface area contributed by atoms with Gasteiger partial charge in [-0.1, -0.05) is 29.8 Å². The van der Waals surface area contributed by atoms with Crippen LogP contribution in [0.15, 0.2) is 47.6 Å². The molecule has 0 atom stereocenters. The van der Waals surface area contributed by atoms with E-state index in [9.17, 15) is 9.18 Å². The first-order valence-corrected chi connectivity index (χ1v) is 6.87. The molecule has 0 saturated carbocycles. The number of hydrogen-bond acceptors (Lipinski definition) is 3. The molecule has 2 aromatic carbocycles. The third-order valence-electron chi connectivity index (χ3n) is 2.91. The van der Waals surface area contributed by atoms with E-state index in [1.165, 1.54) is 18.3 Å². The van der Waals surface area contributed by atoms with Crippen molar-refractivity contribution < 1.29 is 13.9 Å². The summed E-state index contributed by atoms with van der Waals surface area (Å²) >= 11 is 5.85. The summed E-state index contributed by atoms with van der Waals surface area (Å²) in [4.78, 5) is 11.7. The van der Waals surface area contributed by atoms with E-state index in [1.54, 1.807) is 37.4 Å². The molecule has 1 N–H and O–H groups in total. The summed E-state index contributed by atoms with van der Waals surface area (Å²) in [6.07, 6.45) is 1.34. The van der Waals surface area contributed by atoms with Gasteiger partial charge in [-0.15, -0.1) is 0 Å². The number of amides is 1. The van der Waals surface area contributed by atoms with Crippen molar-refractivity contribution in [3.63, 3.8) is 0 Å². The first-order chi connectivity index (χ1) is 10.6. The monoisotopic (exact) mass is 320 g/mol. The van der Waals surface area contributed by atoms with Gasteiger partial charge < -0.3 is 4.74 Å². The Morgan fingerprint density at radius 3 is 2.68 bits per heavy atom. The number of hydrogen-bond donors (Lipinski definition) is 1. The van der Waals surface area contributed by atoms with Gasteiger partial charge in [-0.3, -0.25) is 4.79 Å². The van der Waals surface area contributed by atoms with Gasteiger partial charge in [-0.05, 0) is 29.8 Å². The molecule has 0 aromatic heterocycles. The number of nitrogens with one attached hydrogen (secondary N) is 1. The highest BCUT2D eigenvalue weighted by atomic mass is 35.5. The molecule has 0 fully saturated rings. The predicted octanol–water partition coefficient (Wildman–Crippen LogP) is 3.18. The SMILES string of the molecule is COc1ccc(CC(=O)N/N=C\c2c(F)cccc2Cl)cc1. The van der Waals surface area contributed by atoms with E-state index in [-0.39, 0.29) is 22.9 Å². The summed E-state index contributed by atoms with van der Waals surface area (Å²) in [5.74, 6) is -0.0918. The van der Waals surface area contributed by atoms with Crippen LogP contribution in [0.25, 0.3) is 0 Å². The van der Waals surface area contributed by atoms with Crippen LogP contribution in [0, 0.1) is 5.82 Å². The van der Waals surface area contributed by atoms with Gasteiger partial charge in [0.1, 0.15) is 11.6 Å². The Hall–Kier alpha value is -2.40. The van der Waals surface area contributed by atoms with E-state index < -0.39 is 5.82 Å². The standard InChI is InChI=1S/C16H14ClFN2O2/c1-22-12-7-5-11(6-8-12)9-16(21)20-19-10-13-14(17)3-2-4-15(13)18/h2-8,10H,9H2,1H3,(H,20,21)/b19-10-. The molecular formula is C16H14ClFN2O2. The van der Waals surface area contributed by atoms with E-state index in [0.717, 1.165) is 11.3 Å². The third kappa shape index (κ3) is 4.30. The van der Waals surface area contributed by atoms with Crippen molar-refractivity contribution in [1.82, 2.24) is 5.43 Å². The minimum Gasteiger partial charge on any atom is -0.497 e. The van der Waals surface area contributed by atoms with Crippen molar-refractivity contribution in [3.05, 3.63) is 64.4 Å². The lowest BCUT2D eigenvalue weighted by atomic mass is 10.1. The maximum Gasteiger partial charge on any atom is 0.244 e. The van der Waals surface area contributed by atoms with Crippen LogP contribution in [-0.4, -0.2) is 19.2 Å². The van der Waals surface area contributed by atoms with Crippen LogP contribution in [0.1, 0.15) is 11.1 Å². The Balaban J connectivity index is 1.93. The fraction of sp³-hybridized carbons (Fsp3) is 0.125. The molecule has 0 aliphatic rings. The largest absolute Gasteiger partial charge is 0.497 e. The number of rotatable bonds is 5. The second kappa shape index (κ2) is 7.56. The molecule has 2 aromatic rings. The zero-order chi connectivity index (χ0) is 15.9. The van der Waals surface area contributed by atoms with Gasteiger partial charge in [-0.25, -0.2) is 9.82 Å². The van der Waals surface area contributed by atoms with E-state index in [2.05, 4.69) is 10.5 Å². The number of methoxy groups -OCH3 is 1. The van der Waals surface area contributed by atoms with E-state index in [1.807, 2.05) is 0 Å². The third-order valence-corrected chi connectivity index (χ3v) is 3.24. The minimum absolute atomic E-state index is 0.133. The van der Waals surface area contributed by atoms with Crippen LogP contribution in [-0.2, 0) is 11.2 Å². The van der Waals surface area contributed by atoms with Crippen molar-refractivity contribution in [2.24, 2.45) is 5.10 Å². The van der Waals surface area contributed by atoms with Crippen molar-refractivity contribution in [3.8, 4) is 5.75 Å². The summed E-state index contributed by atoms with van der Waals surface area (Å²) in [6.45, 7) is 0. The summed E-state index contributed by atoms with van der Waals surface area (Å²) in [5, 5.41) is 3.95. The van der Waals surface area contributed by atoms with Gasteiger partial charge in [0, 0.05) is 5.56 Å². The highest BCUT2D eigenvalue weighted by Gasteiger charge is 2.05. The van der Waals surface area contributed by atoms with Crippen molar-refractivity contribution in [2.45, 2.75) is 6.42 Å². The fourth-order valence-electron chi connectivity index (χ4n) is 1.77. The Kier molecular flexibility index (Phi) is 5.49. The highest BCUT2D eigenvalue weighted by molar-refractivity contribution is 6.33. The fourth-order valence-corrected chi connectivity index (χ4v) is 1.98. The van der Waals surface area contributed by atoms with Crippen molar-refractivity contribution >= 4 is 23.7 Å². The predicted molar refractivity (Wildman–Crippen MR) is 83.8 cm³/mol. The first-order valence-electron chi connectivity index (χ1n) is 6.49. The van der Waals surface area contributed by atoms with Crippen LogP contribution in [0.5, 0.6) is 5.75 Å². The summed E-state index contributed by atoms with van der Waals surface area (Å²) in [5.41, 5.74) is 3.29. The molecule has 4 nitrogen and oxygen atoms in total. The molecule has 114 valence electrons. The maximum atomic E-state index is 13.5. The van der Waals surface area contributed by atoms with E-state index >= 15 is 0 Å². The average Bonchev–Trinajstić information content (AvgIpc) is 2.51. The van der Waals surface area contributed by atoms with Gasteiger partial charge in [0.05, 0.1) is 24.8 Å². The van der Waals surface area contributed by atoms with Gasteiger partial charge in [0.25, 0.3) is 0 Å². The van der Waals surface area contributed by atoms with Gasteiger partial charge >= 0.3 is 0 Å². The molecule has 0 heterocycles. The van der Waals surface area contributed by atoms with Crippen molar-refractivity contribution in [1.29, 1.82) is 0 Å². The Bertz CT molecular complexity index is 667. The Morgan fingerprint density at radius 2 is 2.05 bits per heavy atom. The van der Waals surface area contributed by atoms with Crippen LogP contribution in [0.4, 0.5) is 4.39 Å². The topological polar surface area (TPSA) is 50.7 Å². The van der Waals surface area contributed by atoms with Crippen LogP contribution >= 0.6 is 11.6 Å². The zero-order valence-corrected chi connectivity index (χ0v) is 12.6. The number of benzene rings is 2. The summed E-state index contributed by atoms with van der Waals surface area (Å²) < 4.78 is 18.5. The molecule has 2 rings (SSSR count). The molecule has 0 bridgehead atoms. The Labute approximate surface area is 132 Å². The lowest BCUT2D eigenvalue weighted by Crippen LogP contribution is -2.19. The lowest BCUT2D eigenvalue weighted by Gasteiger charge is -2.03. The zero-order valence-electron chi connectivity index (χ0n) is 11.8. The number of nitrogens with zero attached hydrogens (tertiary/aromatic N) is 1. The molecule has 0 unspecified atom stereocenters. The maximum absolute atomic E-state index is 13.5. The van der Waals surface area contributed by atoms with Crippen LogP contribution < -0.4 is 10.2 Å². The molecule has 0 radical (unpaired) electrons. The molecule has 0 saturated heterocycles. The van der Waals surface area contributed by atoms with Crippen molar-refractivity contribution in [2.75, 3.05) is 7.11 Å². The Morgan fingerprint density at radius 1 is 1.32 bits per heavy atom. The van der Waals surface area contributed by atoms with E-state index in [0.29, 0.717) is 0 Å². The quantitative estimate of drug-likeness (QED) is 0.679. The minimum atomic E-state index is -0.499. The summed E-state index contributed by atoms with van der Waals surface area (Å²) in [7, 11) is 1.57. The van der Waals surface area contributed by atoms with Crippen LogP contribution in [0.3, 0.4) is 0 Å². The highest BCUT2D eigenvalue weighted by Crippen LogP contribution is 2.16. The lowest BCUT2D eigenvalue weighted by molar-refractivity contribution is -0.120.